The number of amides is 1. The molecule has 1 aromatic heterocycles. The smallest absolute Gasteiger partial charge is 0.223 e. The average Bonchev–Trinajstić information content (AvgIpc) is 3.32. The van der Waals surface area contributed by atoms with Gasteiger partial charge in [-0.05, 0) is 56.0 Å². The Morgan fingerprint density at radius 1 is 1.06 bits per heavy atom. The van der Waals surface area contributed by atoms with Gasteiger partial charge in [0.25, 0.3) is 0 Å². The number of likely N-dealkylation sites (tertiary alicyclic amines) is 1. The number of nitrogens with zero attached hydrogens (tertiary/aromatic N) is 3. The lowest BCUT2D eigenvalue weighted by molar-refractivity contribution is -0.127. The lowest BCUT2D eigenvalue weighted by Gasteiger charge is -2.17. The summed E-state index contributed by atoms with van der Waals surface area (Å²) >= 11 is 0. The average molecular weight is 420 g/mol. The monoisotopic (exact) mass is 419 g/mol. The number of carbonyl (C=O) groups excluding carboxylic acids is 1. The predicted molar refractivity (Wildman–Crippen MR) is 124 cm³/mol. The van der Waals surface area contributed by atoms with Gasteiger partial charge < -0.3 is 14.2 Å². The quantitative estimate of drug-likeness (QED) is 0.418. The normalized spacial score (nSPS) is 16.4. The predicted octanol–water partition coefficient (Wildman–Crippen LogP) is 5.32. The van der Waals surface area contributed by atoms with Gasteiger partial charge in [0, 0.05) is 32.0 Å². The van der Waals surface area contributed by atoms with Gasteiger partial charge in [-0.3, -0.25) is 4.79 Å². The van der Waals surface area contributed by atoms with Crippen molar-refractivity contribution in [1.29, 1.82) is 0 Å². The molecular formula is C26H33N3O2. The molecule has 0 radical (unpaired) electrons. The summed E-state index contributed by atoms with van der Waals surface area (Å²) in [5.41, 5.74) is 3.40. The van der Waals surface area contributed by atoms with Crippen molar-refractivity contribution in [3.05, 3.63) is 59.9 Å². The van der Waals surface area contributed by atoms with Crippen LogP contribution in [0.25, 0.3) is 11.0 Å². The second-order valence-electron chi connectivity index (χ2n) is 8.58. The van der Waals surface area contributed by atoms with Gasteiger partial charge in [0.05, 0.1) is 17.6 Å². The summed E-state index contributed by atoms with van der Waals surface area (Å²) < 4.78 is 8.25. The van der Waals surface area contributed by atoms with Crippen LogP contribution in [0.1, 0.15) is 56.3 Å². The summed E-state index contributed by atoms with van der Waals surface area (Å²) in [5.74, 6) is 2.45. The topological polar surface area (TPSA) is 47.4 Å². The lowest BCUT2D eigenvalue weighted by atomic mass is 10.1. The number of aryl methyl sites for hydroxylation is 2. The van der Waals surface area contributed by atoms with E-state index in [0.29, 0.717) is 13.0 Å². The van der Waals surface area contributed by atoms with E-state index in [-0.39, 0.29) is 11.8 Å². The minimum absolute atomic E-state index is 0.181. The van der Waals surface area contributed by atoms with Crippen molar-refractivity contribution in [2.45, 2.75) is 58.4 Å². The number of unbranched alkanes of at least 4 members (excludes halogenated alkanes) is 2. The molecule has 164 valence electrons. The summed E-state index contributed by atoms with van der Waals surface area (Å²) in [5, 5.41) is 0. The Bertz CT molecular complexity index is 1030. The molecule has 2 aromatic carbocycles. The van der Waals surface area contributed by atoms with Crippen molar-refractivity contribution in [3.63, 3.8) is 0 Å². The first-order valence-corrected chi connectivity index (χ1v) is 11.6. The molecule has 2 heterocycles. The fourth-order valence-electron chi connectivity index (χ4n) is 4.42. The van der Waals surface area contributed by atoms with Crippen LogP contribution in [0.15, 0.2) is 48.5 Å². The largest absolute Gasteiger partial charge is 0.494 e. The Morgan fingerprint density at radius 2 is 1.94 bits per heavy atom. The molecule has 0 unspecified atom stereocenters. The van der Waals surface area contributed by atoms with Crippen molar-refractivity contribution in [2.24, 2.45) is 0 Å². The van der Waals surface area contributed by atoms with Gasteiger partial charge in [-0.1, -0.05) is 37.6 Å². The number of hydrogen-bond acceptors (Lipinski definition) is 3. The zero-order valence-corrected chi connectivity index (χ0v) is 18.7. The Labute approximate surface area is 185 Å². The van der Waals surface area contributed by atoms with Crippen molar-refractivity contribution < 1.29 is 9.53 Å². The first-order valence-electron chi connectivity index (χ1n) is 11.6. The summed E-state index contributed by atoms with van der Waals surface area (Å²) in [4.78, 5) is 19.5. The molecule has 0 aliphatic carbocycles. The van der Waals surface area contributed by atoms with Crippen LogP contribution in [0, 0.1) is 6.92 Å². The molecule has 1 amide bonds. The molecule has 0 N–H and O–H groups in total. The molecule has 1 aliphatic heterocycles. The third-order valence-corrected chi connectivity index (χ3v) is 6.08. The molecule has 1 saturated heterocycles. The number of para-hydroxylation sites is 2. The molecule has 0 spiro atoms. The van der Waals surface area contributed by atoms with Crippen molar-refractivity contribution in [2.75, 3.05) is 19.7 Å². The van der Waals surface area contributed by atoms with Crippen molar-refractivity contribution >= 4 is 16.9 Å². The minimum Gasteiger partial charge on any atom is -0.494 e. The molecule has 1 aliphatic rings. The van der Waals surface area contributed by atoms with Gasteiger partial charge in [-0.2, -0.15) is 0 Å². The van der Waals surface area contributed by atoms with Crippen LogP contribution in [-0.4, -0.2) is 40.1 Å². The SMILES string of the molecule is CCCCN1C[C@@H](c2nc3ccccc3n2CCCCOc2cccc(C)c2)CC1=O. The number of aromatic nitrogens is 2. The maximum absolute atomic E-state index is 12.5. The Kier molecular flexibility index (Phi) is 6.90. The highest BCUT2D eigenvalue weighted by molar-refractivity contribution is 5.80. The van der Waals surface area contributed by atoms with E-state index in [0.717, 1.165) is 67.9 Å². The summed E-state index contributed by atoms with van der Waals surface area (Å²) in [6, 6.07) is 16.5. The molecule has 0 bridgehead atoms. The maximum Gasteiger partial charge on any atom is 0.223 e. The molecular weight excluding hydrogens is 386 g/mol. The highest BCUT2D eigenvalue weighted by Crippen LogP contribution is 2.31. The lowest BCUT2D eigenvalue weighted by Crippen LogP contribution is -2.26. The van der Waals surface area contributed by atoms with E-state index >= 15 is 0 Å². The van der Waals surface area contributed by atoms with Crippen LogP contribution in [-0.2, 0) is 11.3 Å². The zero-order chi connectivity index (χ0) is 21.6. The Hall–Kier alpha value is -2.82. The summed E-state index contributed by atoms with van der Waals surface area (Å²) in [6.07, 6.45) is 4.74. The van der Waals surface area contributed by atoms with Crippen LogP contribution in [0.2, 0.25) is 0 Å². The molecule has 1 fully saturated rings. The van der Waals surface area contributed by atoms with Gasteiger partial charge in [0.15, 0.2) is 0 Å². The van der Waals surface area contributed by atoms with Crippen LogP contribution < -0.4 is 4.74 Å². The summed E-state index contributed by atoms with van der Waals surface area (Å²) in [7, 11) is 0. The Balaban J connectivity index is 1.41. The number of ether oxygens (including phenoxy) is 1. The van der Waals surface area contributed by atoms with Gasteiger partial charge in [0.1, 0.15) is 11.6 Å². The molecule has 3 aromatic rings. The van der Waals surface area contributed by atoms with Gasteiger partial charge >= 0.3 is 0 Å². The standard InChI is InChI=1S/C26H33N3O2/c1-3-4-14-28-19-21(18-25(28)30)26-27-23-12-5-6-13-24(23)29(26)15-7-8-16-31-22-11-9-10-20(2)17-22/h5-6,9-13,17,21H,3-4,7-8,14-16,18-19H2,1-2H3/t21-/m0/s1. The van der Waals surface area contributed by atoms with Crippen molar-refractivity contribution in [3.8, 4) is 5.75 Å². The van der Waals surface area contributed by atoms with Crippen molar-refractivity contribution in [1.82, 2.24) is 14.5 Å². The molecule has 31 heavy (non-hydrogen) atoms. The van der Waals surface area contributed by atoms with E-state index in [1.54, 1.807) is 0 Å². The van der Waals surface area contributed by atoms with E-state index in [4.69, 9.17) is 9.72 Å². The first kappa shape index (κ1) is 21.4. The van der Waals surface area contributed by atoms with Crippen LogP contribution >= 0.6 is 0 Å². The van der Waals surface area contributed by atoms with E-state index in [1.165, 1.54) is 5.56 Å². The molecule has 0 saturated carbocycles. The molecule has 5 heteroatoms. The van der Waals surface area contributed by atoms with Gasteiger partial charge in [-0.25, -0.2) is 4.98 Å². The number of benzene rings is 2. The number of hydrogen-bond donors (Lipinski definition) is 0. The minimum atomic E-state index is 0.181. The third-order valence-electron chi connectivity index (χ3n) is 6.08. The first-order chi connectivity index (χ1) is 15.2. The Morgan fingerprint density at radius 3 is 2.77 bits per heavy atom. The molecule has 5 nitrogen and oxygen atoms in total. The second kappa shape index (κ2) is 9.99. The molecule has 4 rings (SSSR count). The van der Waals surface area contributed by atoms with E-state index < -0.39 is 0 Å². The van der Waals surface area contributed by atoms with Gasteiger partial charge in [0.2, 0.25) is 5.91 Å². The summed E-state index contributed by atoms with van der Waals surface area (Å²) in [6.45, 7) is 7.50. The third kappa shape index (κ3) is 5.09. The van der Waals surface area contributed by atoms with Crippen LogP contribution in [0.5, 0.6) is 5.75 Å². The van der Waals surface area contributed by atoms with Crippen LogP contribution in [0.4, 0.5) is 0 Å². The van der Waals surface area contributed by atoms with Gasteiger partial charge in [-0.15, -0.1) is 0 Å². The number of imidazole rings is 1. The fourth-order valence-corrected chi connectivity index (χ4v) is 4.42. The van der Waals surface area contributed by atoms with E-state index in [1.807, 2.05) is 23.1 Å². The highest BCUT2D eigenvalue weighted by Gasteiger charge is 2.33. The molecule has 1 atom stereocenters. The van der Waals surface area contributed by atoms with Crippen LogP contribution in [0.3, 0.4) is 0 Å². The number of carbonyl (C=O) groups is 1. The highest BCUT2D eigenvalue weighted by atomic mass is 16.5. The fraction of sp³-hybridized carbons (Fsp3) is 0.462. The van der Waals surface area contributed by atoms with E-state index in [9.17, 15) is 4.79 Å². The number of rotatable bonds is 10. The maximum atomic E-state index is 12.5. The van der Waals surface area contributed by atoms with E-state index in [2.05, 4.69) is 48.7 Å². The zero-order valence-electron chi connectivity index (χ0n) is 18.7. The number of fused-ring (bicyclic) bond motifs is 1. The second-order valence-corrected chi connectivity index (χ2v) is 8.58.